The molecule has 0 atom stereocenters. The van der Waals surface area contributed by atoms with Gasteiger partial charge in [-0.05, 0) is 57.8 Å². The van der Waals surface area contributed by atoms with Crippen LogP contribution in [0.5, 0.6) is 11.5 Å². The van der Waals surface area contributed by atoms with Crippen LogP contribution in [0.25, 0.3) is 71.8 Å². The molecule has 7 heteroatoms. The normalized spacial score (nSPS) is 12.6. The van der Waals surface area contributed by atoms with Crippen molar-refractivity contribution in [2.24, 2.45) is 0 Å². The number of rotatable bonds is 7. The van der Waals surface area contributed by atoms with E-state index in [-0.39, 0.29) is 26.5 Å². The molecule has 1 aliphatic heterocycles. The minimum absolute atomic E-state index is 0. The maximum atomic E-state index is 6.70. The summed E-state index contributed by atoms with van der Waals surface area (Å²) in [4.78, 5) is 9.37. The molecule has 0 bridgehead atoms. The predicted molar refractivity (Wildman–Crippen MR) is 261 cm³/mol. The van der Waals surface area contributed by atoms with Gasteiger partial charge < -0.3 is 23.5 Å². The molecule has 0 saturated heterocycles. The van der Waals surface area contributed by atoms with Crippen LogP contribution in [0.1, 0.15) is 26.3 Å². The Bertz CT molecular complexity index is 3510. The fourth-order valence-electron chi connectivity index (χ4n) is 9.18. The van der Waals surface area contributed by atoms with Crippen molar-refractivity contribution in [3.8, 4) is 39.6 Å². The van der Waals surface area contributed by atoms with Crippen LogP contribution in [-0.4, -0.2) is 9.55 Å². The summed E-state index contributed by atoms with van der Waals surface area (Å²) in [5.74, 6) is 1.99. The standard InChI is InChI=1S/C58H41N4O2.Pt/c1-58(2,3)40-30-31-59-56(32-40)62-50-26-12-10-22-46(50)47-29-28-43(34-51(47)62)63-42-21-14-20-41(33-42)60-37-61(52-35-49-48-23-11-13-27-54(48)64-55(49)36-53(52)60)57-44(38-16-6-4-7-17-38)24-15-25-45(57)39-18-8-5-9-19-39;/h4-32,35-37H,1-3H3;/q-3;. The Morgan fingerprint density at radius 3 is 1.97 bits per heavy atom. The summed E-state index contributed by atoms with van der Waals surface area (Å²) in [5, 5.41) is 4.34. The number of hydrogen-bond donors (Lipinski definition) is 0. The fourth-order valence-corrected chi connectivity index (χ4v) is 9.18. The molecule has 65 heavy (non-hydrogen) atoms. The van der Waals surface area contributed by atoms with Crippen LogP contribution in [0.4, 0.5) is 22.7 Å². The van der Waals surface area contributed by atoms with Crippen molar-refractivity contribution in [2.45, 2.75) is 26.2 Å². The van der Waals surface area contributed by atoms with Gasteiger partial charge in [-0.15, -0.1) is 48.1 Å². The third-order valence-corrected chi connectivity index (χ3v) is 12.3. The molecule has 12 rings (SSSR count). The van der Waals surface area contributed by atoms with Gasteiger partial charge >= 0.3 is 0 Å². The van der Waals surface area contributed by atoms with Crippen LogP contribution in [0, 0.1) is 18.8 Å². The van der Waals surface area contributed by atoms with Gasteiger partial charge in [-0.2, -0.15) is 12.1 Å². The first-order chi connectivity index (χ1) is 31.4. The van der Waals surface area contributed by atoms with Crippen molar-refractivity contribution >= 4 is 66.5 Å². The second-order valence-corrected chi connectivity index (χ2v) is 17.3. The Balaban J connectivity index is 0.00000469. The Morgan fingerprint density at radius 1 is 0.554 bits per heavy atom. The van der Waals surface area contributed by atoms with Gasteiger partial charge in [0.15, 0.2) is 0 Å². The molecule has 0 saturated carbocycles. The molecule has 0 aliphatic carbocycles. The maximum Gasteiger partial charge on any atom is 0.137 e. The Morgan fingerprint density at radius 2 is 1.22 bits per heavy atom. The van der Waals surface area contributed by atoms with Crippen LogP contribution in [-0.2, 0) is 26.5 Å². The summed E-state index contributed by atoms with van der Waals surface area (Å²) in [5.41, 5.74) is 13.2. The molecular formula is C58H41N4O2Pt-3. The van der Waals surface area contributed by atoms with E-state index in [1.807, 2.05) is 36.5 Å². The minimum Gasteiger partial charge on any atom is -0.509 e. The fraction of sp³-hybridized carbons (Fsp3) is 0.0690. The second-order valence-electron chi connectivity index (χ2n) is 17.3. The summed E-state index contributed by atoms with van der Waals surface area (Å²) in [6.07, 6.45) is 1.90. The van der Waals surface area contributed by atoms with E-state index < -0.39 is 0 Å². The van der Waals surface area contributed by atoms with Crippen LogP contribution in [0.3, 0.4) is 0 Å². The van der Waals surface area contributed by atoms with Gasteiger partial charge in [0.2, 0.25) is 0 Å². The number of nitrogens with zero attached hydrogens (tertiary/aromatic N) is 4. The average molecular weight is 1020 g/mol. The summed E-state index contributed by atoms with van der Waals surface area (Å²) >= 11 is 0. The number of para-hydroxylation sites is 3. The van der Waals surface area contributed by atoms with Gasteiger partial charge in [0.05, 0.1) is 0 Å². The number of aromatic nitrogens is 2. The molecule has 4 heterocycles. The molecule has 3 aromatic heterocycles. The summed E-state index contributed by atoms with van der Waals surface area (Å²) in [6.45, 7) is 8.84. The van der Waals surface area contributed by atoms with Crippen LogP contribution < -0.4 is 14.5 Å². The van der Waals surface area contributed by atoms with E-state index in [1.165, 1.54) is 5.56 Å². The number of anilines is 4. The molecule has 0 amide bonds. The second kappa shape index (κ2) is 16.0. The number of pyridine rings is 1. The number of furan rings is 1. The SMILES string of the molecule is CC(C)(C)c1ccnc(-n2c3[c-]c(Oc4[c-]c(N5[CH-]N(c6c(-c7ccccc7)cccc6-c6ccccc6)c6cc7c(cc65)oc5ccccc57)ccc4)ccc3c3ccccc32)c1.[Pt]. The minimum atomic E-state index is -0.0346. The third-order valence-electron chi connectivity index (χ3n) is 12.3. The molecule has 1 aliphatic rings. The zero-order chi connectivity index (χ0) is 42.9. The van der Waals surface area contributed by atoms with Gasteiger partial charge in [-0.1, -0.05) is 142 Å². The van der Waals surface area contributed by atoms with Gasteiger partial charge in [0.1, 0.15) is 17.0 Å². The number of hydrogen-bond acceptors (Lipinski definition) is 5. The largest absolute Gasteiger partial charge is 0.509 e. The van der Waals surface area contributed by atoms with Crippen molar-refractivity contribution in [3.63, 3.8) is 0 Å². The molecule has 8 aromatic carbocycles. The Labute approximate surface area is 392 Å². The summed E-state index contributed by atoms with van der Waals surface area (Å²) in [6, 6.07) is 70.6. The van der Waals surface area contributed by atoms with E-state index in [0.29, 0.717) is 11.5 Å². The molecule has 0 spiro atoms. The van der Waals surface area contributed by atoms with Gasteiger partial charge in [-0.3, -0.25) is 0 Å². The smallest absolute Gasteiger partial charge is 0.137 e. The molecule has 0 unspecified atom stereocenters. The van der Waals surface area contributed by atoms with E-state index in [2.05, 4.69) is 206 Å². The Kier molecular flexibility index (Phi) is 9.93. The van der Waals surface area contributed by atoms with Crippen LogP contribution in [0.2, 0.25) is 0 Å². The first-order valence-corrected chi connectivity index (χ1v) is 21.6. The van der Waals surface area contributed by atoms with Crippen molar-refractivity contribution < 1.29 is 30.2 Å². The van der Waals surface area contributed by atoms with Crippen LogP contribution in [0.15, 0.2) is 193 Å². The first-order valence-electron chi connectivity index (χ1n) is 21.6. The van der Waals surface area contributed by atoms with Crippen LogP contribution >= 0.6 is 0 Å². The maximum absolute atomic E-state index is 6.70. The van der Waals surface area contributed by atoms with Crippen molar-refractivity contribution in [1.82, 2.24) is 9.55 Å². The number of ether oxygens (including phenoxy) is 1. The topological polar surface area (TPSA) is 46.7 Å². The van der Waals surface area contributed by atoms with Crippen molar-refractivity contribution in [3.05, 3.63) is 213 Å². The predicted octanol–water partition coefficient (Wildman–Crippen LogP) is 15.5. The first kappa shape index (κ1) is 40.4. The molecule has 0 fully saturated rings. The van der Waals surface area contributed by atoms with Crippen molar-refractivity contribution in [1.29, 1.82) is 0 Å². The zero-order valence-corrected chi connectivity index (χ0v) is 38.2. The Hall–Kier alpha value is -7.40. The van der Waals surface area contributed by atoms with E-state index >= 15 is 0 Å². The van der Waals surface area contributed by atoms with Gasteiger partial charge in [0.25, 0.3) is 0 Å². The van der Waals surface area contributed by atoms with Crippen molar-refractivity contribution in [2.75, 3.05) is 9.80 Å². The summed E-state index contributed by atoms with van der Waals surface area (Å²) < 4.78 is 15.4. The number of fused-ring (bicyclic) bond motifs is 7. The monoisotopic (exact) mass is 1020 g/mol. The van der Waals surface area contributed by atoms with Gasteiger partial charge in [-0.25, -0.2) is 4.98 Å². The molecule has 11 aromatic rings. The average Bonchev–Trinajstić information content (AvgIpc) is 4.00. The molecule has 318 valence electrons. The third kappa shape index (κ3) is 6.97. The molecular weight excluding hydrogens is 980 g/mol. The van der Waals surface area contributed by atoms with E-state index in [1.54, 1.807) is 0 Å². The summed E-state index contributed by atoms with van der Waals surface area (Å²) in [7, 11) is 0. The van der Waals surface area contributed by atoms with E-state index in [0.717, 1.165) is 94.6 Å². The van der Waals surface area contributed by atoms with E-state index in [4.69, 9.17) is 14.1 Å². The molecule has 6 nitrogen and oxygen atoms in total. The quantitative estimate of drug-likeness (QED) is 0.149. The van der Waals surface area contributed by atoms with E-state index in [9.17, 15) is 0 Å². The molecule has 0 N–H and O–H groups in total. The number of benzene rings is 8. The molecule has 0 radical (unpaired) electrons. The van der Waals surface area contributed by atoms with Gasteiger partial charge in [0, 0.05) is 89.3 Å². The zero-order valence-electron chi connectivity index (χ0n) is 35.9.